The highest BCUT2D eigenvalue weighted by Gasteiger charge is 2.09. The van der Waals surface area contributed by atoms with Crippen LogP contribution in [0.1, 0.15) is 22.8 Å². The average Bonchev–Trinajstić information content (AvgIpc) is 2.60. The highest BCUT2D eigenvalue weighted by Crippen LogP contribution is 2.17. The molecule has 4 N–H and O–H groups in total. The topological polar surface area (TPSA) is 134 Å². The summed E-state index contributed by atoms with van der Waals surface area (Å²) in [6, 6.07) is 8.53. The first-order valence-electron chi connectivity index (χ1n) is 7.37. The molecule has 128 valence electrons. The molecular formula is C16H16N6O2S. The number of nitrogens with one attached hydrogen (secondary N) is 2. The Morgan fingerprint density at radius 3 is 2.88 bits per heavy atom. The van der Waals surface area contributed by atoms with Crippen molar-refractivity contribution in [2.75, 3.05) is 23.3 Å². The Morgan fingerprint density at radius 1 is 1.40 bits per heavy atom. The summed E-state index contributed by atoms with van der Waals surface area (Å²) in [6.45, 7) is 2.36. The molecule has 0 radical (unpaired) electrons. The fourth-order valence-electron chi connectivity index (χ4n) is 1.86. The number of carbonyl (C=O) groups excluding carboxylic acids is 2. The van der Waals surface area contributed by atoms with Gasteiger partial charge in [-0.05, 0) is 25.1 Å². The second-order valence-electron chi connectivity index (χ2n) is 4.84. The fourth-order valence-corrected chi connectivity index (χ4v) is 2.48. The molecule has 0 aliphatic rings. The van der Waals surface area contributed by atoms with E-state index < -0.39 is 0 Å². The van der Waals surface area contributed by atoms with Crippen molar-refractivity contribution in [2.45, 2.75) is 12.1 Å². The summed E-state index contributed by atoms with van der Waals surface area (Å²) < 4.78 is 0. The lowest BCUT2D eigenvalue weighted by atomic mass is 10.2. The zero-order valence-corrected chi connectivity index (χ0v) is 14.3. The predicted octanol–water partition coefficient (Wildman–Crippen LogP) is 1.41. The molecule has 0 spiro atoms. The quantitative estimate of drug-likeness (QED) is 0.526. The molecule has 0 unspecified atom stereocenters. The average molecular weight is 356 g/mol. The number of thioether (sulfide) groups is 1. The number of nitriles is 1. The maximum Gasteiger partial charge on any atom is 0.251 e. The molecule has 1 aromatic heterocycles. The Morgan fingerprint density at radius 2 is 2.20 bits per heavy atom. The van der Waals surface area contributed by atoms with E-state index in [-0.39, 0.29) is 28.9 Å². The maximum atomic E-state index is 12.0. The van der Waals surface area contributed by atoms with Crippen molar-refractivity contribution >= 4 is 35.1 Å². The van der Waals surface area contributed by atoms with Crippen molar-refractivity contribution < 1.29 is 9.59 Å². The van der Waals surface area contributed by atoms with Crippen LogP contribution in [0, 0.1) is 11.3 Å². The molecular weight excluding hydrogens is 340 g/mol. The van der Waals surface area contributed by atoms with Crippen molar-refractivity contribution in [3.8, 4) is 6.07 Å². The molecule has 25 heavy (non-hydrogen) atoms. The molecule has 0 aliphatic carbocycles. The third-order valence-electron chi connectivity index (χ3n) is 2.99. The Kier molecular flexibility index (Phi) is 6.31. The second-order valence-corrected chi connectivity index (χ2v) is 5.78. The number of anilines is 2. The smallest absolute Gasteiger partial charge is 0.251 e. The van der Waals surface area contributed by atoms with Crippen LogP contribution in [0.25, 0.3) is 0 Å². The van der Waals surface area contributed by atoms with Crippen LogP contribution in [-0.4, -0.2) is 34.1 Å². The predicted molar refractivity (Wildman–Crippen MR) is 95.0 cm³/mol. The standard InChI is InChI=1S/C16H16N6O2S/c1-2-19-15(24)10-4-3-5-12(6-10)21-13(23)9-25-16-20-8-11(7-17)14(18)22-16/h3-6,8H,2,9H2,1H3,(H,19,24)(H,21,23)(H2,18,20,22). The molecule has 2 amide bonds. The minimum atomic E-state index is -0.274. The number of nitrogens with two attached hydrogens (primary N) is 1. The molecule has 1 aromatic carbocycles. The van der Waals surface area contributed by atoms with E-state index in [1.54, 1.807) is 24.3 Å². The van der Waals surface area contributed by atoms with Crippen LogP contribution in [0.15, 0.2) is 35.6 Å². The van der Waals surface area contributed by atoms with Crippen molar-refractivity contribution in [1.82, 2.24) is 15.3 Å². The fraction of sp³-hybridized carbons (Fsp3) is 0.188. The van der Waals surface area contributed by atoms with Crippen LogP contribution in [0.4, 0.5) is 11.5 Å². The molecule has 2 aromatic rings. The van der Waals surface area contributed by atoms with E-state index in [9.17, 15) is 9.59 Å². The van der Waals surface area contributed by atoms with E-state index in [1.807, 2.05) is 13.0 Å². The van der Waals surface area contributed by atoms with E-state index in [1.165, 1.54) is 6.20 Å². The van der Waals surface area contributed by atoms with Crippen molar-refractivity contribution in [3.05, 3.63) is 41.6 Å². The monoisotopic (exact) mass is 356 g/mol. The van der Waals surface area contributed by atoms with Crippen LogP contribution in [-0.2, 0) is 4.79 Å². The van der Waals surface area contributed by atoms with Crippen molar-refractivity contribution in [2.24, 2.45) is 0 Å². The molecule has 0 aliphatic heterocycles. The van der Waals surface area contributed by atoms with Gasteiger partial charge in [-0.15, -0.1) is 0 Å². The lowest BCUT2D eigenvalue weighted by Gasteiger charge is -2.07. The first kappa shape index (κ1) is 18.2. The Bertz CT molecular complexity index is 834. The molecule has 0 bridgehead atoms. The Hall–Kier alpha value is -3.12. The number of aromatic nitrogens is 2. The van der Waals surface area contributed by atoms with Gasteiger partial charge in [0.15, 0.2) is 5.16 Å². The van der Waals surface area contributed by atoms with Gasteiger partial charge in [-0.25, -0.2) is 9.97 Å². The van der Waals surface area contributed by atoms with Gasteiger partial charge in [-0.2, -0.15) is 5.26 Å². The second kappa shape index (κ2) is 8.65. The zero-order valence-electron chi connectivity index (χ0n) is 13.4. The van der Waals surface area contributed by atoms with E-state index in [0.29, 0.717) is 23.0 Å². The van der Waals surface area contributed by atoms with Crippen molar-refractivity contribution in [1.29, 1.82) is 5.26 Å². The summed E-state index contributed by atoms with van der Waals surface area (Å²) in [5.41, 5.74) is 6.79. The number of nitrogen functional groups attached to an aromatic ring is 1. The number of hydrogen-bond acceptors (Lipinski definition) is 7. The minimum absolute atomic E-state index is 0.0662. The number of carbonyl (C=O) groups is 2. The number of benzene rings is 1. The van der Waals surface area contributed by atoms with E-state index >= 15 is 0 Å². The number of amides is 2. The van der Waals surface area contributed by atoms with Gasteiger partial charge in [-0.1, -0.05) is 17.8 Å². The van der Waals surface area contributed by atoms with E-state index in [4.69, 9.17) is 11.0 Å². The molecule has 8 nitrogen and oxygen atoms in total. The highest BCUT2D eigenvalue weighted by molar-refractivity contribution is 7.99. The first-order valence-corrected chi connectivity index (χ1v) is 8.35. The van der Waals surface area contributed by atoms with Crippen LogP contribution in [0.5, 0.6) is 0 Å². The largest absolute Gasteiger partial charge is 0.382 e. The maximum absolute atomic E-state index is 12.0. The summed E-state index contributed by atoms with van der Waals surface area (Å²) in [4.78, 5) is 31.7. The van der Waals surface area contributed by atoms with Gasteiger partial charge in [0, 0.05) is 17.8 Å². The van der Waals surface area contributed by atoms with Crippen LogP contribution < -0.4 is 16.4 Å². The molecule has 2 rings (SSSR count). The van der Waals surface area contributed by atoms with Gasteiger partial charge >= 0.3 is 0 Å². The minimum Gasteiger partial charge on any atom is -0.382 e. The molecule has 0 atom stereocenters. The van der Waals surface area contributed by atoms with Gasteiger partial charge < -0.3 is 16.4 Å². The van der Waals surface area contributed by atoms with Gasteiger partial charge in [0.05, 0.1) is 11.9 Å². The molecule has 0 saturated carbocycles. The molecule has 1 heterocycles. The first-order chi connectivity index (χ1) is 12.0. The van der Waals surface area contributed by atoms with Crippen LogP contribution in [0.2, 0.25) is 0 Å². The summed E-state index contributed by atoms with van der Waals surface area (Å²) in [6.07, 6.45) is 1.32. The number of nitrogens with zero attached hydrogens (tertiary/aromatic N) is 3. The van der Waals surface area contributed by atoms with Crippen LogP contribution in [0.3, 0.4) is 0 Å². The van der Waals surface area contributed by atoms with Gasteiger partial charge in [0.25, 0.3) is 5.91 Å². The summed E-state index contributed by atoms with van der Waals surface area (Å²) in [5.74, 6) is -0.328. The third kappa shape index (κ3) is 5.19. The lowest BCUT2D eigenvalue weighted by molar-refractivity contribution is -0.113. The normalized spacial score (nSPS) is 9.92. The van der Waals surface area contributed by atoms with Crippen molar-refractivity contribution in [3.63, 3.8) is 0 Å². The third-order valence-corrected chi connectivity index (χ3v) is 3.86. The SMILES string of the molecule is CCNC(=O)c1cccc(NC(=O)CSc2ncc(C#N)c(N)n2)c1. The molecule has 0 saturated heterocycles. The Balaban J connectivity index is 1.94. The highest BCUT2D eigenvalue weighted by atomic mass is 32.2. The summed E-state index contributed by atoms with van der Waals surface area (Å²) >= 11 is 1.10. The zero-order chi connectivity index (χ0) is 18.2. The van der Waals surface area contributed by atoms with Crippen LogP contribution >= 0.6 is 11.8 Å². The Labute approximate surface area is 148 Å². The number of hydrogen-bond donors (Lipinski definition) is 3. The number of rotatable bonds is 6. The molecule has 9 heteroatoms. The van der Waals surface area contributed by atoms with E-state index in [2.05, 4.69) is 20.6 Å². The molecule has 0 fully saturated rings. The lowest BCUT2D eigenvalue weighted by Crippen LogP contribution is -2.23. The van der Waals surface area contributed by atoms with Gasteiger partial charge in [0.1, 0.15) is 17.5 Å². The van der Waals surface area contributed by atoms with E-state index in [0.717, 1.165) is 11.8 Å². The van der Waals surface area contributed by atoms with Gasteiger partial charge in [-0.3, -0.25) is 9.59 Å². The van der Waals surface area contributed by atoms with Gasteiger partial charge in [0.2, 0.25) is 5.91 Å². The summed E-state index contributed by atoms with van der Waals surface area (Å²) in [7, 11) is 0. The summed E-state index contributed by atoms with van der Waals surface area (Å²) in [5, 5.41) is 14.5.